The Labute approximate surface area is 119 Å². The first-order chi connectivity index (χ1) is 9.44. The van der Waals surface area contributed by atoms with Crippen molar-refractivity contribution < 1.29 is 9.21 Å². The molecular weight excluding hydrogens is 252 g/mol. The van der Waals surface area contributed by atoms with Gasteiger partial charge in [0.1, 0.15) is 5.76 Å². The molecule has 0 spiro atoms. The predicted molar refractivity (Wildman–Crippen MR) is 77.3 cm³/mol. The molecule has 4 heteroatoms. The van der Waals surface area contributed by atoms with E-state index < -0.39 is 0 Å². The largest absolute Gasteiger partial charge is 0.447 e. The van der Waals surface area contributed by atoms with Gasteiger partial charge in [-0.25, -0.2) is 4.98 Å². The number of benzene rings is 1. The second-order valence-electron chi connectivity index (χ2n) is 6.08. The fourth-order valence-electron chi connectivity index (χ4n) is 1.99. The third kappa shape index (κ3) is 4.23. The van der Waals surface area contributed by atoms with Crippen LogP contribution in [-0.4, -0.2) is 10.9 Å². The molecule has 0 radical (unpaired) electrons. The lowest BCUT2D eigenvalue weighted by Crippen LogP contribution is -2.22. The van der Waals surface area contributed by atoms with Crippen LogP contribution in [0.5, 0.6) is 0 Å². The van der Waals surface area contributed by atoms with Gasteiger partial charge >= 0.3 is 0 Å². The Balaban J connectivity index is 1.93. The van der Waals surface area contributed by atoms with Gasteiger partial charge in [0.05, 0.1) is 12.7 Å². The zero-order valence-electron chi connectivity index (χ0n) is 12.1. The quantitative estimate of drug-likeness (QED) is 0.930. The first-order valence-corrected chi connectivity index (χ1v) is 6.68. The van der Waals surface area contributed by atoms with E-state index in [1.54, 1.807) is 6.20 Å². The van der Waals surface area contributed by atoms with Crippen LogP contribution in [0.4, 0.5) is 0 Å². The average molecular weight is 272 g/mol. The van der Waals surface area contributed by atoms with Crippen LogP contribution in [-0.2, 0) is 13.0 Å². The predicted octanol–water partition coefficient (Wildman–Crippen LogP) is 3.19. The Hall–Kier alpha value is -2.10. The molecule has 1 heterocycles. The van der Waals surface area contributed by atoms with Crippen LogP contribution in [0.2, 0.25) is 0 Å². The van der Waals surface area contributed by atoms with Gasteiger partial charge in [-0.3, -0.25) is 4.79 Å². The van der Waals surface area contributed by atoms with Crippen molar-refractivity contribution in [1.82, 2.24) is 10.3 Å². The fraction of sp³-hybridized carbons (Fsp3) is 0.375. The molecule has 1 aromatic heterocycles. The molecule has 0 aliphatic heterocycles. The summed E-state index contributed by atoms with van der Waals surface area (Å²) in [4.78, 5) is 15.8. The van der Waals surface area contributed by atoms with Gasteiger partial charge in [0, 0.05) is 5.56 Å². The van der Waals surface area contributed by atoms with Crippen molar-refractivity contribution in [1.29, 1.82) is 0 Å². The zero-order chi connectivity index (χ0) is 14.6. The minimum absolute atomic E-state index is 0.108. The molecule has 0 saturated heterocycles. The van der Waals surface area contributed by atoms with E-state index in [2.05, 4.69) is 31.1 Å². The highest BCUT2D eigenvalue weighted by atomic mass is 16.3. The highest BCUT2D eigenvalue weighted by molar-refractivity contribution is 5.94. The van der Waals surface area contributed by atoms with Crippen LogP contribution in [0.1, 0.15) is 42.5 Å². The first kappa shape index (κ1) is 14.3. The van der Waals surface area contributed by atoms with Crippen LogP contribution in [0, 0.1) is 5.41 Å². The Morgan fingerprint density at radius 3 is 2.50 bits per heavy atom. The minimum Gasteiger partial charge on any atom is -0.447 e. The molecule has 4 nitrogen and oxygen atoms in total. The van der Waals surface area contributed by atoms with Crippen molar-refractivity contribution in [3.05, 3.63) is 53.7 Å². The van der Waals surface area contributed by atoms with Crippen LogP contribution in [0.25, 0.3) is 0 Å². The van der Waals surface area contributed by atoms with E-state index in [4.69, 9.17) is 4.42 Å². The second-order valence-corrected chi connectivity index (χ2v) is 6.08. The van der Waals surface area contributed by atoms with Gasteiger partial charge in [-0.15, -0.1) is 0 Å². The first-order valence-electron chi connectivity index (χ1n) is 6.68. The average Bonchev–Trinajstić information content (AvgIpc) is 2.88. The molecule has 0 aliphatic rings. The Morgan fingerprint density at radius 2 is 1.95 bits per heavy atom. The maximum Gasteiger partial charge on any atom is 0.251 e. The monoisotopic (exact) mass is 272 g/mol. The van der Waals surface area contributed by atoms with Crippen molar-refractivity contribution in [3.8, 4) is 0 Å². The number of carbonyl (C=O) groups is 1. The molecule has 106 valence electrons. The van der Waals surface area contributed by atoms with Crippen LogP contribution >= 0.6 is 0 Å². The summed E-state index contributed by atoms with van der Waals surface area (Å²) in [5.74, 6) is 0.534. The van der Waals surface area contributed by atoms with Gasteiger partial charge in [0.15, 0.2) is 6.39 Å². The Kier molecular flexibility index (Phi) is 4.23. The summed E-state index contributed by atoms with van der Waals surface area (Å²) in [6.45, 7) is 6.95. The number of rotatable bonds is 4. The lowest BCUT2D eigenvalue weighted by Gasteiger charge is -2.18. The minimum atomic E-state index is -0.108. The fourth-order valence-corrected chi connectivity index (χ4v) is 1.99. The molecule has 0 aliphatic carbocycles. The van der Waals surface area contributed by atoms with Crippen LogP contribution < -0.4 is 5.32 Å². The lowest BCUT2D eigenvalue weighted by molar-refractivity contribution is 0.0948. The van der Waals surface area contributed by atoms with Gasteiger partial charge in [0.2, 0.25) is 0 Å². The van der Waals surface area contributed by atoms with Crippen LogP contribution in [0.15, 0.2) is 41.3 Å². The molecule has 0 bridgehead atoms. The standard InChI is InChI=1S/C16H20N2O2/c1-16(2,3)8-12-4-6-13(7-5-12)15(19)18-10-14-9-17-11-20-14/h4-7,9,11H,8,10H2,1-3H3,(H,18,19). The molecule has 1 amide bonds. The number of aromatic nitrogens is 1. The number of carbonyl (C=O) groups excluding carboxylic acids is 1. The molecule has 0 unspecified atom stereocenters. The van der Waals surface area contributed by atoms with E-state index in [0.717, 1.165) is 6.42 Å². The second kappa shape index (κ2) is 5.90. The van der Waals surface area contributed by atoms with Crippen LogP contribution in [0.3, 0.4) is 0 Å². The van der Waals surface area contributed by atoms with E-state index in [-0.39, 0.29) is 11.3 Å². The Bertz CT molecular complexity index is 551. The number of hydrogen-bond donors (Lipinski definition) is 1. The summed E-state index contributed by atoms with van der Waals surface area (Å²) in [6, 6.07) is 7.73. The Morgan fingerprint density at radius 1 is 1.25 bits per heavy atom. The van der Waals surface area contributed by atoms with Crippen molar-refractivity contribution in [3.63, 3.8) is 0 Å². The lowest BCUT2D eigenvalue weighted by atomic mass is 9.88. The smallest absolute Gasteiger partial charge is 0.251 e. The van der Waals surface area contributed by atoms with Gasteiger partial charge in [-0.1, -0.05) is 32.9 Å². The highest BCUT2D eigenvalue weighted by Crippen LogP contribution is 2.20. The third-order valence-electron chi connectivity index (χ3n) is 2.86. The normalized spacial score (nSPS) is 11.3. The molecule has 1 N–H and O–H groups in total. The topological polar surface area (TPSA) is 55.1 Å². The van der Waals surface area contributed by atoms with E-state index in [1.165, 1.54) is 12.0 Å². The molecule has 0 atom stereocenters. The maximum atomic E-state index is 12.0. The molecule has 20 heavy (non-hydrogen) atoms. The van der Waals surface area contributed by atoms with E-state index in [1.807, 2.05) is 24.3 Å². The van der Waals surface area contributed by atoms with Gasteiger partial charge in [0.25, 0.3) is 5.91 Å². The summed E-state index contributed by atoms with van der Waals surface area (Å²) in [7, 11) is 0. The number of amides is 1. The van der Waals surface area contributed by atoms with Crippen molar-refractivity contribution >= 4 is 5.91 Å². The van der Waals surface area contributed by atoms with Gasteiger partial charge < -0.3 is 9.73 Å². The van der Waals surface area contributed by atoms with Crippen molar-refractivity contribution in [2.24, 2.45) is 5.41 Å². The van der Waals surface area contributed by atoms with Gasteiger partial charge in [-0.2, -0.15) is 0 Å². The maximum absolute atomic E-state index is 12.0. The number of hydrogen-bond acceptors (Lipinski definition) is 3. The highest BCUT2D eigenvalue weighted by Gasteiger charge is 2.12. The van der Waals surface area contributed by atoms with Crippen molar-refractivity contribution in [2.45, 2.75) is 33.7 Å². The summed E-state index contributed by atoms with van der Waals surface area (Å²) < 4.78 is 5.07. The summed E-state index contributed by atoms with van der Waals surface area (Å²) in [6.07, 6.45) is 3.93. The molecule has 0 fully saturated rings. The number of nitrogens with zero attached hydrogens (tertiary/aromatic N) is 1. The number of nitrogens with one attached hydrogen (secondary N) is 1. The SMILES string of the molecule is CC(C)(C)Cc1ccc(C(=O)NCc2cnco2)cc1. The molecule has 2 rings (SSSR count). The third-order valence-corrected chi connectivity index (χ3v) is 2.86. The van der Waals surface area contributed by atoms with Crippen molar-refractivity contribution in [2.75, 3.05) is 0 Å². The molecule has 1 aromatic carbocycles. The summed E-state index contributed by atoms with van der Waals surface area (Å²) in [5.41, 5.74) is 2.14. The molecular formula is C16H20N2O2. The summed E-state index contributed by atoms with van der Waals surface area (Å²) in [5, 5.41) is 2.80. The van der Waals surface area contributed by atoms with E-state index in [0.29, 0.717) is 17.9 Å². The molecule has 2 aromatic rings. The molecule has 0 saturated carbocycles. The zero-order valence-corrected chi connectivity index (χ0v) is 12.1. The van der Waals surface area contributed by atoms with Gasteiger partial charge in [-0.05, 0) is 29.5 Å². The number of oxazole rings is 1. The van der Waals surface area contributed by atoms with E-state index in [9.17, 15) is 4.79 Å². The summed E-state index contributed by atoms with van der Waals surface area (Å²) >= 11 is 0. The van der Waals surface area contributed by atoms with E-state index >= 15 is 0 Å².